The third kappa shape index (κ3) is 5.05. The van der Waals surface area contributed by atoms with E-state index < -0.39 is 0 Å². The number of hydrogen-bond acceptors (Lipinski definition) is 5. The van der Waals surface area contributed by atoms with Crippen molar-refractivity contribution in [2.45, 2.75) is 19.9 Å². The van der Waals surface area contributed by atoms with Crippen molar-refractivity contribution in [2.24, 2.45) is 5.92 Å². The molecule has 2 aromatic carbocycles. The minimum Gasteiger partial charge on any atom is -0.394 e. The predicted octanol–water partition coefficient (Wildman–Crippen LogP) is 5.08. The maximum Gasteiger partial charge on any atom is 0.225 e. The average molecular weight is 427 g/mol. The van der Waals surface area contributed by atoms with Crippen LogP contribution < -0.4 is 10.6 Å². The first-order valence-corrected chi connectivity index (χ1v) is 9.69. The van der Waals surface area contributed by atoms with Crippen molar-refractivity contribution in [1.29, 1.82) is 0 Å². The summed E-state index contributed by atoms with van der Waals surface area (Å²) >= 11 is 3.55. The SMILES string of the molecule is CC(C)[C@@H](CO)Nc1nc(Nc2ccccc2Br)cc(-c2ccccc2)n1. The van der Waals surface area contributed by atoms with Crippen LogP contribution in [0.1, 0.15) is 13.8 Å². The highest BCUT2D eigenvalue weighted by atomic mass is 79.9. The smallest absolute Gasteiger partial charge is 0.225 e. The van der Waals surface area contributed by atoms with E-state index >= 15 is 0 Å². The lowest BCUT2D eigenvalue weighted by molar-refractivity contribution is 0.248. The molecule has 140 valence electrons. The summed E-state index contributed by atoms with van der Waals surface area (Å²) in [5, 5.41) is 16.2. The summed E-state index contributed by atoms with van der Waals surface area (Å²) in [6.45, 7) is 4.12. The molecule has 0 amide bonds. The molecule has 3 rings (SSSR count). The number of aromatic nitrogens is 2. The van der Waals surface area contributed by atoms with Crippen LogP contribution in [0.15, 0.2) is 65.1 Å². The third-order valence-corrected chi connectivity index (χ3v) is 4.94. The minimum atomic E-state index is -0.118. The Labute approximate surface area is 168 Å². The van der Waals surface area contributed by atoms with E-state index in [9.17, 15) is 5.11 Å². The Morgan fingerprint density at radius 3 is 2.37 bits per heavy atom. The van der Waals surface area contributed by atoms with Crippen LogP contribution in [0.3, 0.4) is 0 Å². The maximum absolute atomic E-state index is 9.65. The molecule has 1 aromatic heterocycles. The number of aliphatic hydroxyl groups is 1. The molecule has 6 heteroatoms. The van der Waals surface area contributed by atoms with Gasteiger partial charge in [0, 0.05) is 16.1 Å². The molecule has 3 aromatic rings. The quantitative estimate of drug-likeness (QED) is 0.491. The van der Waals surface area contributed by atoms with Gasteiger partial charge in [0.25, 0.3) is 0 Å². The van der Waals surface area contributed by atoms with E-state index in [1.54, 1.807) is 0 Å². The number of nitrogens with one attached hydrogen (secondary N) is 2. The van der Waals surface area contributed by atoms with E-state index in [1.807, 2.05) is 60.7 Å². The summed E-state index contributed by atoms with van der Waals surface area (Å²) in [6.07, 6.45) is 0. The topological polar surface area (TPSA) is 70.1 Å². The van der Waals surface area contributed by atoms with Crippen molar-refractivity contribution in [3.8, 4) is 11.3 Å². The largest absolute Gasteiger partial charge is 0.394 e. The van der Waals surface area contributed by atoms with Gasteiger partial charge in [-0.25, -0.2) is 4.98 Å². The van der Waals surface area contributed by atoms with Crippen molar-refractivity contribution in [3.63, 3.8) is 0 Å². The van der Waals surface area contributed by atoms with Gasteiger partial charge in [-0.15, -0.1) is 0 Å². The van der Waals surface area contributed by atoms with E-state index in [1.165, 1.54) is 0 Å². The Bertz CT molecular complexity index is 886. The van der Waals surface area contributed by atoms with Gasteiger partial charge in [0.05, 0.1) is 24.0 Å². The van der Waals surface area contributed by atoms with E-state index in [0.29, 0.717) is 11.8 Å². The summed E-state index contributed by atoms with van der Waals surface area (Å²) in [5.74, 6) is 1.41. The van der Waals surface area contributed by atoms with Gasteiger partial charge in [-0.05, 0) is 34.0 Å². The Morgan fingerprint density at radius 1 is 1.00 bits per heavy atom. The van der Waals surface area contributed by atoms with E-state index in [-0.39, 0.29) is 18.6 Å². The standard InChI is InChI=1S/C21H23BrN4O/c1-14(2)19(13-27)25-21-24-18(15-8-4-3-5-9-15)12-20(26-21)23-17-11-7-6-10-16(17)22/h3-12,14,19,27H,13H2,1-2H3,(H2,23,24,25,26)/t19-/m1/s1. The van der Waals surface area contributed by atoms with Gasteiger partial charge in [0.15, 0.2) is 0 Å². The Hall–Kier alpha value is -2.44. The van der Waals surface area contributed by atoms with Gasteiger partial charge < -0.3 is 15.7 Å². The summed E-state index contributed by atoms with van der Waals surface area (Å²) < 4.78 is 0.954. The van der Waals surface area contributed by atoms with Gasteiger partial charge in [0.1, 0.15) is 5.82 Å². The molecule has 0 bridgehead atoms. The van der Waals surface area contributed by atoms with Crippen molar-refractivity contribution < 1.29 is 5.11 Å². The van der Waals surface area contributed by atoms with Crippen LogP contribution in [0.5, 0.6) is 0 Å². The Morgan fingerprint density at radius 2 is 1.70 bits per heavy atom. The second-order valence-electron chi connectivity index (χ2n) is 6.61. The number of aliphatic hydroxyl groups excluding tert-OH is 1. The summed E-state index contributed by atoms with van der Waals surface area (Å²) in [5.41, 5.74) is 2.73. The number of para-hydroxylation sites is 1. The van der Waals surface area contributed by atoms with Crippen LogP contribution in [0.4, 0.5) is 17.5 Å². The normalized spacial score (nSPS) is 12.0. The van der Waals surface area contributed by atoms with Crippen molar-refractivity contribution >= 4 is 33.4 Å². The molecule has 0 fully saturated rings. The first-order chi connectivity index (χ1) is 13.1. The lowest BCUT2D eigenvalue weighted by atomic mass is 10.1. The van der Waals surface area contributed by atoms with Crippen LogP contribution in [-0.4, -0.2) is 27.7 Å². The number of hydrogen-bond donors (Lipinski definition) is 3. The number of benzene rings is 2. The zero-order valence-corrected chi connectivity index (χ0v) is 16.9. The highest BCUT2D eigenvalue weighted by molar-refractivity contribution is 9.10. The number of anilines is 3. The fourth-order valence-electron chi connectivity index (χ4n) is 2.62. The van der Waals surface area contributed by atoms with Crippen LogP contribution in [0.2, 0.25) is 0 Å². The molecule has 3 N–H and O–H groups in total. The molecule has 0 saturated carbocycles. The van der Waals surface area contributed by atoms with E-state index in [4.69, 9.17) is 0 Å². The predicted molar refractivity (Wildman–Crippen MR) is 114 cm³/mol. The molecule has 1 heterocycles. The van der Waals surface area contributed by atoms with Crippen molar-refractivity contribution in [3.05, 3.63) is 65.1 Å². The summed E-state index contributed by atoms with van der Waals surface area (Å²) in [4.78, 5) is 9.25. The molecule has 0 aliphatic heterocycles. The molecule has 0 spiro atoms. The highest BCUT2D eigenvalue weighted by Crippen LogP contribution is 2.27. The third-order valence-electron chi connectivity index (χ3n) is 4.25. The second-order valence-corrected chi connectivity index (χ2v) is 7.46. The number of halogens is 1. The fraction of sp³-hybridized carbons (Fsp3) is 0.238. The molecular formula is C21H23BrN4O. The van der Waals surface area contributed by atoms with Gasteiger partial charge in [-0.3, -0.25) is 0 Å². The van der Waals surface area contributed by atoms with Gasteiger partial charge in [-0.2, -0.15) is 4.98 Å². The van der Waals surface area contributed by atoms with Gasteiger partial charge in [-0.1, -0.05) is 56.3 Å². The van der Waals surface area contributed by atoms with Gasteiger partial charge >= 0.3 is 0 Å². The number of nitrogens with zero attached hydrogens (tertiary/aromatic N) is 2. The molecule has 0 radical (unpaired) electrons. The van der Waals surface area contributed by atoms with Crippen LogP contribution >= 0.6 is 15.9 Å². The van der Waals surface area contributed by atoms with Gasteiger partial charge in [0.2, 0.25) is 5.95 Å². The lowest BCUT2D eigenvalue weighted by Gasteiger charge is -2.21. The second kappa shape index (κ2) is 8.97. The van der Waals surface area contributed by atoms with Crippen molar-refractivity contribution in [2.75, 3.05) is 17.2 Å². The Balaban J connectivity index is 1.99. The first kappa shape index (κ1) is 19.3. The average Bonchev–Trinajstić information content (AvgIpc) is 2.68. The molecule has 0 aliphatic carbocycles. The first-order valence-electron chi connectivity index (χ1n) is 8.90. The van der Waals surface area contributed by atoms with Crippen LogP contribution in [0.25, 0.3) is 11.3 Å². The number of rotatable bonds is 7. The summed E-state index contributed by atoms with van der Waals surface area (Å²) in [6, 6.07) is 19.7. The monoisotopic (exact) mass is 426 g/mol. The zero-order chi connectivity index (χ0) is 19.2. The van der Waals surface area contributed by atoms with Crippen LogP contribution in [0, 0.1) is 5.92 Å². The molecule has 5 nitrogen and oxygen atoms in total. The lowest BCUT2D eigenvalue weighted by Crippen LogP contribution is -2.30. The summed E-state index contributed by atoms with van der Waals surface area (Å²) in [7, 11) is 0. The molecule has 0 saturated heterocycles. The molecule has 0 aliphatic rings. The molecule has 27 heavy (non-hydrogen) atoms. The fourth-order valence-corrected chi connectivity index (χ4v) is 3.01. The molecule has 0 unspecified atom stereocenters. The molecule has 1 atom stereocenters. The maximum atomic E-state index is 9.65. The van der Waals surface area contributed by atoms with E-state index in [2.05, 4.69) is 50.4 Å². The molecular weight excluding hydrogens is 404 g/mol. The minimum absolute atomic E-state index is 0.0174. The Kier molecular flexibility index (Phi) is 6.42. The highest BCUT2D eigenvalue weighted by Gasteiger charge is 2.15. The van der Waals surface area contributed by atoms with Crippen LogP contribution in [-0.2, 0) is 0 Å². The van der Waals surface area contributed by atoms with Crippen molar-refractivity contribution in [1.82, 2.24) is 9.97 Å². The zero-order valence-electron chi connectivity index (χ0n) is 15.4. The van der Waals surface area contributed by atoms with E-state index in [0.717, 1.165) is 21.4 Å².